The third-order valence-corrected chi connectivity index (χ3v) is 2.66. The maximum absolute atomic E-state index is 11.1. The molecular formula is C14H14NO2. The number of amides is 1. The Morgan fingerprint density at radius 2 is 1.76 bits per heavy atom. The fourth-order valence-corrected chi connectivity index (χ4v) is 1.61. The van der Waals surface area contributed by atoms with Crippen LogP contribution in [-0.2, 0) is 4.79 Å². The molecule has 0 heterocycles. The highest BCUT2D eigenvalue weighted by Gasteiger charge is 2.28. The van der Waals surface area contributed by atoms with Gasteiger partial charge in [0.2, 0.25) is 0 Å². The number of hydrogen-bond acceptors (Lipinski definition) is 2. The van der Waals surface area contributed by atoms with Gasteiger partial charge in [0.05, 0.1) is 0 Å². The van der Waals surface area contributed by atoms with Crippen molar-refractivity contribution in [3.8, 4) is 5.75 Å². The van der Waals surface area contributed by atoms with E-state index in [2.05, 4.69) is 0 Å². The van der Waals surface area contributed by atoms with E-state index >= 15 is 0 Å². The molecule has 0 unspecified atom stereocenters. The minimum atomic E-state index is -1.12. The molecule has 87 valence electrons. The maximum atomic E-state index is 11.1. The topological polar surface area (TPSA) is 50.1 Å². The Labute approximate surface area is 100 Å². The summed E-state index contributed by atoms with van der Waals surface area (Å²) in [4.78, 5) is 11.1. The lowest BCUT2D eigenvalue weighted by Crippen LogP contribution is -2.38. The van der Waals surface area contributed by atoms with Crippen molar-refractivity contribution >= 4 is 16.7 Å². The number of fused-ring (bicyclic) bond motifs is 1. The molecule has 0 spiro atoms. The lowest BCUT2D eigenvalue weighted by molar-refractivity contribution is -0.131. The standard InChI is InChI=1S/C14H14NO2/c1-14(2,13(15)16)17-12-9-5-7-10-6-3-4-8-11(10)12/h3-9,15H,1-2H3. The van der Waals surface area contributed by atoms with Crippen molar-refractivity contribution in [1.82, 2.24) is 5.73 Å². The van der Waals surface area contributed by atoms with Gasteiger partial charge >= 0.3 is 0 Å². The largest absolute Gasteiger partial charge is 0.477 e. The highest BCUT2D eigenvalue weighted by molar-refractivity contribution is 5.89. The predicted molar refractivity (Wildman–Crippen MR) is 66.8 cm³/mol. The van der Waals surface area contributed by atoms with Gasteiger partial charge in [0, 0.05) is 5.39 Å². The first-order valence-corrected chi connectivity index (χ1v) is 5.43. The van der Waals surface area contributed by atoms with E-state index in [1.807, 2.05) is 42.5 Å². The van der Waals surface area contributed by atoms with Crippen molar-refractivity contribution in [2.75, 3.05) is 0 Å². The van der Waals surface area contributed by atoms with Crippen LogP contribution in [0.25, 0.3) is 10.8 Å². The molecule has 0 saturated carbocycles. The van der Waals surface area contributed by atoms with Gasteiger partial charge in [-0.05, 0) is 25.3 Å². The van der Waals surface area contributed by atoms with Crippen molar-refractivity contribution < 1.29 is 9.53 Å². The molecule has 2 rings (SSSR count). The number of ether oxygens (including phenoxy) is 1. The second-order valence-electron chi connectivity index (χ2n) is 4.42. The molecule has 17 heavy (non-hydrogen) atoms. The van der Waals surface area contributed by atoms with Crippen LogP contribution in [0.3, 0.4) is 0 Å². The number of carbonyl (C=O) groups excluding carboxylic acids is 1. The van der Waals surface area contributed by atoms with E-state index in [-0.39, 0.29) is 0 Å². The van der Waals surface area contributed by atoms with E-state index in [9.17, 15) is 4.79 Å². The normalized spacial score (nSPS) is 11.4. The molecular weight excluding hydrogens is 214 g/mol. The van der Waals surface area contributed by atoms with E-state index in [1.165, 1.54) is 0 Å². The van der Waals surface area contributed by atoms with Crippen LogP contribution >= 0.6 is 0 Å². The van der Waals surface area contributed by atoms with Gasteiger partial charge in [0.25, 0.3) is 5.91 Å². The molecule has 0 atom stereocenters. The van der Waals surface area contributed by atoms with Crippen LogP contribution in [-0.4, -0.2) is 11.5 Å². The summed E-state index contributed by atoms with van der Waals surface area (Å²) in [5, 5.41) is 2.00. The molecule has 0 fully saturated rings. The Morgan fingerprint density at radius 3 is 2.47 bits per heavy atom. The summed E-state index contributed by atoms with van der Waals surface area (Å²) in [5.74, 6) is -0.0980. The first-order chi connectivity index (χ1) is 8.00. The summed E-state index contributed by atoms with van der Waals surface area (Å²) >= 11 is 0. The molecule has 2 aromatic carbocycles. The molecule has 2 aromatic rings. The van der Waals surface area contributed by atoms with Gasteiger partial charge in [0.15, 0.2) is 5.60 Å². The van der Waals surface area contributed by atoms with Crippen molar-refractivity contribution in [1.29, 1.82) is 0 Å². The molecule has 1 amide bonds. The highest BCUT2D eigenvalue weighted by Crippen LogP contribution is 2.28. The fourth-order valence-electron chi connectivity index (χ4n) is 1.61. The second kappa shape index (κ2) is 4.09. The fraction of sp³-hybridized carbons (Fsp3) is 0.214. The van der Waals surface area contributed by atoms with Crippen LogP contribution in [0.15, 0.2) is 42.5 Å². The zero-order valence-electron chi connectivity index (χ0n) is 9.86. The smallest absolute Gasteiger partial charge is 0.281 e. The molecule has 0 aliphatic carbocycles. The Morgan fingerprint density at radius 1 is 1.12 bits per heavy atom. The minimum absolute atomic E-state index is 0.633. The summed E-state index contributed by atoms with van der Waals surface area (Å²) in [5.41, 5.74) is 6.05. The predicted octanol–water partition coefficient (Wildman–Crippen LogP) is 2.81. The molecule has 0 aliphatic rings. The third-order valence-electron chi connectivity index (χ3n) is 2.66. The third kappa shape index (κ3) is 2.23. The minimum Gasteiger partial charge on any atom is -0.477 e. The Balaban J connectivity index is 2.46. The van der Waals surface area contributed by atoms with Crippen LogP contribution in [0.2, 0.25) is 0 Å². The number of nitrogens with one attached hydrogen (secondary N) is 1. The molecule has 1 N–H and O–H groups in total. The summed E-state index contributed by atoms with van der Waals surface area (Å²) < 4.78 is 5.64. The van der Waals surface area contributed by atoms with Crippen molar-refractivity contribution in [2.24, 2.45) is 0 Å². The average Bonchev–Trinajstić information content (AvgIpc) is 2.29. The van der Waals surface area contributed by atoms with Crippen molar-refractivity contribution in [3.05, 3.63) is 42.5 Å². The van der Waals surface area contributed by atoms with Crippen LogP contribution < -0.4 is 10.5 Å². The van der Waals surface area contributed by atoms with Gasteiger partial charge in [-0.25, -0.2) is 0 Å². The lowest BCUT2D eigenvalue weighted by Gasteiger charge is -2.23. The average molecular weight is 228 g/mol. The number of hydrogen-bond donors (Lipinski definition) is 0. The SMILES string of the molecule is CC(C)(Oc1cccc2ccccc12)C([NH])=O. The number of carbonyl (C=O) groups is 1. The van der Waals surface area contributed by atoms with Crippen LogP contribution in [0.1, 0.15) is 13.8 Å². The Bertz CT molecular complexity index is 556. The molecule has 3 nitrogen and oxygen atoms in total. The van der Waals surface area contributed by atoms with Gasteiger partial charge in [-0.15, -0.1) is 0 Å². The quantitative estimate of drug-likeness (QED) is 0.811. The molecule has 0 aromatic heterocycles. The van der Waals surface area contributed by atoms with Gasteiger partial charge in [-0.2, -0.15) is 0 Å². The molecule has 0 saturated heterocycles. The van der Waals surface area contributed by atoms with Crippen LogP contribution in [0, 0.1) is 0 Å². The van der Waals surface area contributed by atoms with Gasteiger partial charge in [-0.3, -0.25) is 10.5 Å². The van der Waals surface area contributed by atoms with E-state index in [0.29, 0.717) is 5.75 Å². The van der Waals surface area contributed by atoms with E-state index in [1.54, 1.807) is 13.8 Å². The molecule has 0 bridgehead atoms. The second-order valence-corrected chi connectivity index (χ2v) is 4.42. The monoisotopic (exact) mass is 228 g/mol. The summed E-state index contributed by atoms with van der Waals surface area (Å²) in [6.07, 6.45) is 0. The van der Waals surface area contributed by atoms with E-state index < -0.39 is 11.5 Å². The zero-order chi connectivity index (χ0) is 12.5. The number of rotatable bonds is 3. The van der Waals surface area contributed by atoms with E-state index in [0.717, 1.165) is 10.8 Å². The molecule has 3 heteroatoms. The Hall–Kier alpha value is -2.03. The summed E-state index contributed by atoms with van der Waals surface area (Å²) in [6, 6.07) is 13.5. The van der Waals surface area contributed by atoms with Crippen molar-refractivity contribution in [3.63, 3.8) is 0 Å². The maximum Gasteiger partial charge on any atom is 0.281 e. The van der Waals surface area contributed by atoms with Gasteiger partial charge < -0.3 is 4.74 Å². The van der Waals surface area contributed by atoms with Crippen LogP contribution in [0.5, 0.6) is 5.75 Å². The van der Waals surface area contributed by atoms with Gasteiger partial charge in [0.1, 0.15) is 5.75 Å². The first kappa shape index (κ1) is 11.5. The zero-order valence-corrected chi connectivity index (χ0v) is 9.86. The highest BCUT2D eigenvalue weighted by atomic mass is 16.5. The molecule has 1 radical (unpaired) electrons. The summed E-state index contributed by atoms with van der Waals surface area (Å²) in [6.45, 7) is 3.20. The van der Waals surface area contributed by atoms with Crippen LogP contribution in [0.4, 0.5) is 0 Å². The summed E-state index contributed by atoms with van der Waals surface area (Å²) in [7, 11) is 0. The Kier molecular flexibility index (Phi) is 2.76. The lowest BCUT2D eigenvalue weighted by atomic mass is 10.1. The molecule has 0 aliphatic heterocycles. The van der Waals surface area contributed by atoms with E-state index in [4.69, 9.17) is 10.5 Å². The number of benzene rings is 2. The first-order valence-electron chi connectivity index (χ1n) is 5.43. The van der Waals surface area contributed by atoms with Gasteiger partial charge in [-0.1, -0.05) is 36.4 Å². The van der Waals surface area contributed by atoms with Crippen molar-refractivity contribution in [2.45, 2.75) is 19.4 Å².